The van der Waals surface area contributed by atoms with Crippen LogP contribution in [0.15, 0.2) is 28.8 Å². The van der Waals surface area contributed by atoms with Gasteiger partial charge < -0.3 is 18.9 Å². The molecule has 1 aromatic heterocycles. The Morgan fingerprint density at radius 2 is 2.12 bits per heavy atom. The number of nitrogens with zero attached hydrogens (tertiary/aromatic N) is 3. The van der Waals surface area contributed by atoms with E-state index in [1.165, 1.54) is 0 Å². The number of para-hydroxylation sites is 2. The number of aromatic nitrogens is 2. The second-order valence-corrected chi connectivity index (χ2v) is 6.16. The number of ether oxygens (including phenoxy) is 2. The molecular formula is C17H19N3O4. The zero-order chi connectivity index (χ0) is 16.5. The summed E-state index contributed by atoms with van der Waals surface area (Å²) in [5, 5.41) is 4.00. The molecule has 2 atom stereocenters. The molecule has 0 bridgehead atoms. The van der Waals surface area contributed by atoms with E-state index in [0.29, 0.717) is 36.3 Å². The fourth-order valence-electron chi connectivity index (χ4n) is 3.21. The van der Waals surface area contributed by atoms with E-state index in [-0.39, 0.29) is 18.4 Å². The molecule has 2 aliphatic heterocycles. The molecule has 24 heavy (non-hydrogen) atoms. The van der Waals surface area contributed by atoms with Crippen molar-refractivity contribution in [1.82, 2.24) is 15.0 Å². The number of hydrogen-bond acceptors (Lipinski definition) is 6. The minimum atomic E-state index is -0.606. The van der Waals surface area contributed by atoms with Gasteiger partial charge in [-0.25, -0.2) is 0 Å². The quantitative estimate of drug-likeness (QED) is 0.838. The number of amides is 1. The molecule has 1 aromatic carbocycles. The van der Waals surface area contributed by atoms with Gasteiger partial charge in [-0.05, 0) is 25.0 Å². The Morgan fingerprint density at radius 1 is 1.29 bits per heavy atom. The number of rotatable bonds is 2. The third-order valence-corrected chi connectivity index (χ3v) is 4.43. The fraction of sp³-hybridized carbons (Fsp3) is 0.471. The maximum absolute atomic E-state index is 12.8. The van der Waals surface area contributed by atoms with Crippen molar-refractivity contribution < 1.29 is 18.8 Å². The molecule has 0 radical (unpaired) electrons. The van der Waals surface area contributed by atoms with Crippen LogP contribution < -0.4 is 9.47 Å². The Morgan fingerprint density at radius 3 is 2.92 bits per heavy atom. The van der Waals surface area contributed by atoms with Gasteiger partial charge in [-0.3, -0.25) is 4.79 Å². The van der Waals surface area contributed by atoms with Gasteiger partial charge in [0.1, 0.15) is 6.61 Å². The minimum Gasteiger partial charge on any atom is -0.485 e. The molecule has 2 aliphatic rings. The number of fused-ring (bicyclic) bond motifs is 1. The van der Waals surface area contributed by atoms with Crippen molar-refractivity contribution in [2.75, 3.05) is 19.7 Å². The summed E-state index contributed by atoms with van der Waals surface area (Å²) in [4.78, 5) is 18.9. The molecule has 0 unspecified atom stereocenters. The molecule has 7 heteroatoms. The van der Waals surface area contributed by atoms with Crippen LogP contribution in [-0.4, -0.2) is 46.7 Å². The Labute approximate surface area is 139 Å². The monoisotopic (exact) mass is 329 g/mol. The lowest BCUT2D eigenvalue weighted by Crippen LogP contribution is -2.49. The van der Waals surface area contributed by atoms with Crippen LogP contribution in [0.2, 0.25) is 0 Å². The minimum absolute atomic E-state index is 0.0468. The van der Waals surface area contributed by atoms with Crippen LogP contribution in [0.5, 0.6) is 11.5 Å². The van der Waals surface area contributed by atoms with Gasteiger partial charge in [0.2, 0.25) is 12.0 Å². The van der Waals surface area contributed by atoms with E-state index in [1.807, 2.05) is 29.2 Å². The van der Waals surface area contributed by atoms with Crippen LogP contribution in [0.25, 0.3) is 0 Å². The normalized spacial score (nSPS) is 23.1. The van der Waals surface area contributed by atoms with Crippen molar-refractivity contribution in [3.05, 3.63) is 36.0 Å². The van der Waals surface area contributed by atoms with E-state index in [9.17, 15) is 4.79 Å². The lowest BCUT2D eigenvalue weighted by molar-refractivity contribution is -0.142. The molecule has 126 valence electrons. The summed E-state index contributed by atoms with van der Waals surface area (Å²) in [6.45, 7) is 3.30. The van der Waals surface area contributed by atoms with E-state index in [1.54, 1.807) is 6.92 Å². The largest absolute Gasteiger partial charge is 0.485 e. The number of carbonyl (C=O) groups is 1. The van der Waals surface area contributed by atoms with Crippen LogP contribution in [0, 0.1) is 6.92 Å². The van der Waals surface area contributed by atoms with Crippen LogP contribution in [-0.2, 0) is 4.79 Å². The van der Waals surface area contributed by atoms with E-state index in [4.69, 9.17) is 14.0 Å². The molecule has 3 heterocycles. The number of piperidine rings is 1. The Balaban J connectivity index is 1.45. The average molecular weight is 329 g/mol. The van der Waals surface area contributed by atoms with Gasteiger partial charge in [-0.15, -0.1) is 0 Å². The van der Waals surface area contributed by atoms with Gasteiger partial charge in [-0.2, -0.15) is 4.98 Å². The summed E-state index contributed by atoms with van der Waals surface area (Å²) in [5.74, 6) is 2.58. The zero-order valence-electron chi connectivity index (χ0n) is 13.5. The third kappa shape index (κ3) is 2.81. The topological polar surface area (TPSA) is 77.7 Å². The number of hydrogen-bond donors (Lipinski definition) is 0. The Bertz CT molecular complexity index is 745. The van der Waals surface area contributed by atoms with E-state index < -0.39 is 6.10 Å². The van der Waals surface area contributed by atoms with Crippen molar-refractivity contribution in [3.8, 4) is 11.5 Å². The highest BCUT2D eigenvalue weighted by atomic mass is 16.6. The number of aryl methyl sites for hydroxylation is 1. The highest BCUT2D eigenvalue weighted by Gasteiger charge is 2.34. The van der Waals surface area contributed by atoms with E-state index >= 15 is 0 Å². The highest BCUT2D eigenvalue weighted by molar-refractivity contribution is 5.82. The summed E-state index contributed by atoms with van der Waals surface area (Å²) < 4.78 is 16.5. The Hall–Kier alpha value is -2.57. The second-order valence-electron chi connectivity index (χ2n) is 6.16. The first-order chi connectivity index (χ1) is 11.7. The van der Waals surface area contributed by atoms with Gasteiger partial charge in [0, 0.05) is 25.9 Å². The lowest BCUT2D eigenvalue weighted by Gasteiger charge is -2.35. The van der Waals surface area contributed by atoms with E-state index in [0.717, 1.165) is 12.8 Å². The van der Waals surface area contributed by atoms with Gasteiger partial charge in [0.15, 0.2) is 17.3 Å². The summed E-state index contributed by atoms with van der Waals surface area (Å²) in [6.07, 6.45) is 1.26. The van der Waals surface area contributed by atoms with Crippen molar-refractivity contribution in [1.29, 1.82) is 0 Å². The molecule has 1 fully saturated rings. The van der Waals surface area contributed by atoms with Gasteiger partial charge in [0.25, 0.3) is 5.91 Å². The molecule has 1 amide bonds. The van der Waals surface area contributed by atoms with E-state index in [2.05, 4.69) is 10.1 Å². The first kappa shape index (κ1) is 15.0. The first-order valence-electron chi connectivity index (χ1n) is 8.18. The maximum Gasteiger partial charge on any atom is 0.267 e. The molecule has 0 aliphatic carbocycles. The van der Waals surface area contributed by atoms with Gasteiger partial charge >= 0.3 is 0 Å². The third-order valence-electron chi connectivity index (χ3n) is 4.43. The molecule has 2 aromatic rings. The molecule has 7 nitrogen and oxygen atoms in total. The molecule has 0 N–H and O–H groups in total. The molecular weight excluding hydrogens is 310 g/mol. The van der Waals surface area contributed by atoms with Crippen LogP contribution in [0.3, 0.4) is 0 Å². The number of carbonyl (C=O) groups excluding carboxylic acids is 1. The SMILES string of the molecule is Cc1nc([C@@H]2CCCN(C(=O)[C@H]3COc4ccccc4O3)C2)no1. The second kappa shape index (κ2) is 6.14. The molecule has 1 saturated heterocycles. The van der Waals surface area contributed by atoms with Crippen LogP contribution >= 0.6 is 0 Å². The van der Waals surface area contributed by atoms with Crippen LogP contribution in [0.4, 0.5) is 0 Å². The van der Waals surface area contributed by atoms with Crippen molar-refractivity contribution in [2.24, 2.45) is 0 Å². The number of benzene rings is 1. The first-order valence-corrected chi connectivity index (χ1v) is 8.18. The van der Waals surface area contributed by atoms with Crippen LogP contribution in [0.1, 0.15) is 30.5 Å². The van der Waals surface area contributed by atoms with Gasteiger partial charge in [0.05, 0.1) is 0 Å². The smallest absolute Gasteiger partial charge is 0.267 e. The summed E-state index contributed by atoms with van der Waals surface area (Å²) >= 11 is 0. The molecule has 0 spiro atoms. The molecule has 0 saturated carbocycles. The standard InChI is InChI=1S/C17H19N3O4/c1-11-18-16(19-24-11)12-5-4-8-20(9-12)17(21)15-10-22-13-6-2-3-7-14(13)23-15/h2-3,6-7,12,15H,4-5,8-10H2,1H3/t12-,15-/m1/s1. The predicted molar refractivity (Wildman–Crippen MR) is 83.9 cm³/mol. The predicted octanol–water partition coefficient (Wildman–Crippen LogP) is 1.92. The van der Waals surface area contributed by atoms with Crippen molar-refractivity contribution in [3.63, 3.8) is 0 Å². The summed E-state index contributed by atoms with van der Waals surface area (Å²) in [5.41, 5.74) is 0. The summed E-state index contributed by atoms with van der Waals surface area (Å²) in [7, 11) is 0. The lowest BCUT2D eigenvalue weighted by atomic mass is 9.97. The number of likely N-dealkylation sites (tertiary alicyclic amines) is 1. The summed E-state index contributed by atoms with van der Waals surface area (Å²) in [6, 6.07) is 7.40. The fourth-order valence-corrected chi connectivity index (χ4v) is 3.21. The van der Waals surface area contributed by atoms with Crippen molar-refractivity contribution in [2.45, 2.75) is 31.8 Å². The Kier molecular flexibility index (Phi) is 3.84. The van der Waals surface area contributed by atoms with Crippen molar-refractivity contribution >= 4 is 5.91 Å². The average Bonchev–Trinajstić information content (AvgIpc) is 3.07. The highest BCUT2D eigenvalue weighted by Crippen LogP contribution is 2.32. The zero-order valence-corrected chi connectivity index (χ0v) is 13.5. The molecule has 4 rings (SSSR count). The van der Waals surface area contributed by atoms with Gasteiger partial charge in [-0.1, -0.05) is 17.3 Å². The maximum atomic E-state index is 12.8.